The van der Waals surface area contributed by atoms with Gasteiger partial charge in [0.15, 0.2) is 0 Å². The second-order valence-electron chi connectivity index (χ2n) is 14.5. The smallest absolute Gasteiger partial charge is 0.870 e. The second kappa shape index (κ2) is 31.2. The number of nitrogens with one attached hydrogen (secondary N) is 3. The van der Waals surface area contributed by atoms with E-state index in [0.29, 0.717) is 32.7 Å². The van der Waals surface area contributed by atoms with Crippen LogP contribution in [-0.4, -0.2) is 55.7 Å². The Bertz CT molecular complexity index is 2050. The van der Waals surface area contributed by atoms with Gasteiger partial charge in [-0.05, 0) is 243 Å². The number of H-pyrrole nitrogens is 1. The molecule has 4 N–H and O–H groups in total. The van der Waals surface area contributed by atoms with Gasteiger partial charge in [0, 0.05) is 37.8 Å². The normalized spacial score (nSPS) is 12.4. The number of hydrogen-bond acceptors (Lipinski definition) is 6. The predicted molar refractivity (Wildman–Crippen MR) is 288 cm³/mol. The fraction of sp³-hybridized carbons (Fsp3) is 0.489. The first-order valence-electron chi connectivity index (χ1n) is 20.0. The van der Waals surface area contributed by atoms with Gasteiger partial charge in [0.25, 0.3) is 0 Å². The predicted octanol–water partition coefficient (Wildman–Crippen LogP) is 11.1. The molecular weight excluding hydrogens is 959 g/mol. The minimum atomic E-state index is -0.0171. The van der Waals surface area contributed by atoms with E-state index >= 15 is 0 Å². The molecule has 0 bridgehead atoms. The zero-order valence-electron chi connectivity index (χ0n) is 40.7. The Morgan fingerprint density at radius 2 is 1.11 bits per heavy atom. The van der Waals surface area contributed by atoms with Crippen LogP contribution in [0.15, 0.2) is 6.07 Å². The van der Waals surface area contributed by atoms with Crippen molar-refractivity contribution in [3.8, 4) is 24.2 Å². The van der Waals surface area contributed by atoms with Gasteiger partial charge in [-0.15, -0.1) is 15.7 Å². The fourth-order valence-corrected chi connectivity index (χ4v) is 9.80. The van der Waals surface area contributed by atoms with Gasteiger partial charge in [0.2, 0.25) is 0 Å². The number of halogens is 1. The summed E-state index contributed by atoms with van der Waals surface area (Å²) in [4.78, 5) is 3.52. The number of anilines is 2. The molecule has 0 saturated carbocycles. The summed E-state index contributed by atoms with van der Waals surface area (Å²) < 4.78 is 17.5. The van der Waals surface area contributed by atoms with Crippen LogP contribution in [0, 0.1) is 111 Å². The van der Waals surface area contributed by atoms with E-state index in [9.17, 15) is 0 Å². The molecule has 4 aromatic rings. The Morgan fingerprint density at radius 1 is 0.672 bits per heavy atom. The van der Waals surface area contributed by atoms with E-state index in [1.807, 2.05) is 27.2 Å². The maximum Gasteiger partial charge on any atom is 1.00 e. The number of aromatic nitrogens is 1. The Hall–Kier alpha value is -0.763. The molecule has 334 valence electrons. The minimum absolute atomic E-state index is 0. The summed E-state index contributed by atoms with van der Waals surface area (Å²) in [6.45, 7) is 40.5. The topological polar surface area (TPSA) is 97.5 Å². The number of rotatable bonds is 11. The molecule has 7 nitrogen and oxygen atoms in total. The number of terminal acetylenes is 1. The second-order valence-corrected chi connectivity index (χ2v) is 18.7. The average molecular weight is 1030 g/mol. The van der Waals surface area contributed by atoms with Crippen LogP contribution >= 0.6 is 66.9 Å². The average Bonchev–Trinajstić information content (AvgIpc) is 3.68. The van der Waals surface area contributed by atoms with Crippen molar-refractivity contribution in [2.45, 2.75) is 122 Å². The van der Waals surface area contributed by atoms with E-state index in [2.05, 4.69) is 174 Å². The number of ether oxygens (including phenoxy) is 1. The Morgan fingerprint density at radius 3 is 1.59 bits per heavy atom. The minimum Gasteiger partial charge on any atom is -0.870 e. The molecule has 0 spiro atoms. The third-order valence-electron chi connectivity index (χ3n) is 11.1. The van der Waals surface area contributed by atoms with Gasteiger partial charge in [-0.2, -0.15) is 0 Å². The van der Waals surface area contributed by atoms with Crippen molar-refractivity contribution in [1.29, 1.82) is 0 Å². The molecule has 8 unspecified atom stereocenters. The number of aryl methyl sites for hydroxylation is 2. The zero-order chi connectivity index (χ0) is 45.3. The van der Waals surface area contributed by atoms with E-state index in [1.54, 1.807) is 0 Å². The zero-order valence-corrected chi connectivity index (χ0v) is 48.0. The summed E-state index contributed by atoms with van der Waals surface area (Å²) in [5.41, 5.74) is 22.5. The van der Waals surface area contributed by atoms with Crippen molar-refractivity contribution in [3.05, 3.63) is 87.7 Å². The quantitative estimate of drug-likeness (QED) is 0.0599. The number of aromatic amines is 1. The van der Waals surface area contributed by atoms with Crippen LogP contribution in [-0.2, 0) is 13.8 Å². The van der Waals surface area contributed by atoms with Crippen LogP contribution in [0.5, 0.6) is 0 Å². The van der Waals surface area contributed by atoms with E-state index in [0.717, 1.165) is 20.0 Å². The molecule has 61 heavy (non-hydrogen) atoms. The third kappa shape index (κ3) is 17.5. The van der Waals surface area contributed by atoms with Gasteiger partial charge >= 0.3 is 18.9 Å². The van der Waals surface area contributed by atoms with E-state index in [4.69, 9.17) is 20.2 Å². The Balaban J connectivity index is 0. The van der Waals surface area contributed by atoms with Crippen molar-refractivity contribution in [2.75, 3.05) is 43.2 Å². The summed E-state index contributed by atoms with van der Waals surface area (Å²) in [5.74, 6) is 8.99. The molecule has 4 rings (SSSR count). The van der Waals surface area contributed by atoms with Gasteiger partial charge in [-0.3, -0.25) is 0 Å². The van der Waals surface area contributed by atoms with Crippen LogP contribution in [0.3, 0.4) is 0 Å². The van der Waals surface area contributed by atoms with Crippen LogP contribution in [0.25, 0.3) is 10.9 Å². The standard InChI is InChI=1S/C16H25NOP2.C15H22NOP.C11H17INP.C5H9OP.Li.H2O/c1-10(18-20-7)8-9-15-13(4)11(2)12(3)14(5)16(15)17-19-6;1-8-9(2)11(4)15-13(10(8)3)6-14(16-15)12(5)17-7-18;1-6-7(2)9(4)11(13-14-5)10(12)8(6)3;1-4-5(2)6-7-3;;/h10,17,19-20H,1-7H3;6,12,16H,7,18H2,1-5H3;13-14H,1-5H3;1,5,7H,2-3H3;;1H2/q;;;;+1;/p-1. The van der Waals surface area contributed by atoms with Crippen LogP contribution in [0.1, 0.15) is 105 Å². The molecule has 1 heterocycles. The summed E-state index contributed by atoms with van der Waals surface area (Å²) in [7, 11) is 5.01. The van der Waals surface area contributed by atoms with Crippen molar-refractivity contribution in [2.24, 2.45) is 0 Å². The van der Waals surface area contributed by atoms with Gasteiger partial charge in [0.1, 0.15) is 12.2 Å². The summed E-state index contributed by atoms with van der Waals surface area (Å²) in [5, 5.41) is 8.29. The molecule has 1 aromatic heterocycles. The van der Waals surface area contributed by atoms with Gasteiger partial charge < -0.3 is 34.4 Å². The molecule has 0 aliphatic heterocycles. The first kappa shape index (κ1) is 62.3. The third-order valence-corrected chi connectivity index (χ3v) is 14.8. The van der Waals surface area contributed by atoms with E-state index < -0.39 is 0 Å². The molecule has 0 radical (unpaired) electrons. The summed E-state index contributed by atoms with van der Waals surface area (Å²) in [6.07, 6.45) is 5.72. The van der Waals surface area contributed by atoms with Crippen molar-refractivity contribution in [3.63, 3.8) is 0 Å². The molecule has 14 heteroatoms. The van der Waals surface area contributed by atoms with Gasteiger partial charge in [-0.1, -0.05) is 17.8 Å². The molecule has 0 aliphatic rings. The van der Waals surface area contributed by atoms with Gasteiger partial charge in [-0.25, -0.2) is 0 Å². The van der Waals surface area contributed by atoms with Crippen LogP contribution < -0.4 is 29.0 Å². The SMILES string of the molecule is C#CC(C)OPC.CPNc1c(C)c(C)c(C)c(C)c1C#CC(C)OPC.CPNc1c(C)c(C)c(C)c(C)c1I.Cc1c(C)c(C)c2[nH]c(C(C)OCP)cc2c1C.[Li+].[OH-]. The van der Waals surface area contributed by atoms with E-state index in [1.165, 1.54) is 92.6 Å². The monoisotopic (exact) mass is 1030 g/mol. The number of benzene rings is 3. The molecule has 0 fully saturated rings. The molecule has 0 saturated heterocycles. The van der Waals surface area contributed by atoms with Crippen LogP contribution in [0.4, 0.5) is 11.4 Å². The first-order valence-corrected chi connectivity index (χ1v) is 27.7. The Labute approximate surface area is 406 Å². The van der Waals surface area contributed by atoms with Crippen molar-refractivity contribution >= 4 is 89.2 Å². The first-order chi connectivity index (χ1) is 27.7. The summed E-state index contributed by atoms with van der Waals surface area (Å²) >= 11 is 2.44. The number of fused-ring (bicyclic) bond motifs is 1. The van der Waals surface area contributed by atoms with E-state index in [-0.39, 0.29) is 42.6 Å². The fourth-order valence-electron chi connectivity index (χ4n) is 6.35. The molecule has 0 aliphatic carbocycles. The molecule has 8 atom stereocenters. The summed E-state index contributed by atoms with van der Waals surface area (Å²) in [6, 6.07) is 2.23. The van der Waals surface area contributed by atoms with Crippen molar-refractivity contribution in [1.82, 2.24) is 4.98 Å². The molecular formula is C47H74ILiN3O4P5. The molecule has 0 amide bonds. The van der Waals surface area contributed by atoms with Gasteiger partial charge in [0.05, 0.1) is 29.4 Å². The Kier molecular flexibility index (Phi) is 31.9. The van der Waals surface area contributed by atoms with Crippen LogP contribution in [0.2, 0.25) is 0 Å². The number of hydrogen-bond donors (Lipinski definition) is 3. The van der Waals surface area contributed by atoms with Crippen molar-refractivity contribution < 1.29 is 38.1 Å². The molecule has 3 aromatic carbocycles. The maximum absolute atomic E-state index is 5.63. The maximum atomic E-state index is 5.63. The largest absolute Gasteiger partial charge is 1.00 e.